The Morgan fingerprint density at radius 1 is 1.17 bits per heavy atom. The number of amides is 1. The number of hydrogen-bond donors (Lipinski definition) is 2. The molecule has 1 amide bonds. The van der Waals surface area contributed by atoms with Crippen LogP contribution in [0.25, 0.3) is 10.9 Å². The summed E-state index contributed by atoms with van der Waals surface area (Å²) in [7, 11) is 1.68. The van der Waals surface area contributed by atoms with Crippen molar-refractivity contribution in [2.24, 2.45) is 7.05 Å². The first-order valence-corrected chi connectivity index (χ1v) is 9.72. The largest absolute Gasteiger partial charge is 0.508 e. The van der Waals surface area contributed by atoms with Gasteiger partial charge in [-0.15, -0.1) is 0 Å². The van der Waals surface area contributed by atoms with Crippen LogP contribution in [0, 0.1) is 0 Å². The van der Waals surface area contributed by atoms with Crippen LogP contribution in [0.4, 0.5) is 0 Å². The second-order valence-electron chi connectivity index (χ2n) is 7.58. The van der Waals surface area contributed by atoms with Crippen LogP contribution in [0.15, 0.2) is 65.7 Å². The van der Waals surface area contributed by atoms with Crippen molar-refractivity contribution in [3.63, 3.8) is 0 Å². The molecule has 0 aliphatic carbocycles. The number of rotatable bonds is 2. The second-order valence-corrected chi connectivity index (χ2v) is 7.58. The summed E-state index contributed by atoms with van der Waals surface area (Å²) in [6.45, 7) is 0.718. The molecule has 7 heteroatoms. The van der Waals surface area contributed by atoms with E-state index in [0.717, 1.165) is 27.9 Å². The van der Waals surface area contributed by atoms with E-state index in [1.807, 2.05) is 30.3 Å². The summed E-state index contributed by atoms with van der Waals surface area (Å²) in [5.74, 6) is -0.344. The van der Waals surface area contributed by atoms with E-state index in [1.54, 1.807) is 42.5 Å². The molecule has 1 aliphatic rings. The third-order valence-electron chi connectivity index (χ3n) is 5.76. The number of aromatic hydroxyl groups is 1. The lowest BCUT2D eigenvalue weighted by atomic mass is 9.90. The smallest absolute Gasteiger partial charge is 0.263 e. The van der Waals surface area contributed by atoms with Gasteiger partial charge in [-0.05, 0) is 35.2 Å². The van der Waals surface area contributed by atoms with Gasteiger partial charge in [-0.1, -0.05) is 30.3 Å². The molecule has 4 aromatic rings. The zero-order chi connectivity index (χ0) is 20.8. The van der Waals surface area contributed by atoms with Crippen molar-refractivity contribution in [1.82, 2.24) is 19.4 Å². The first kappa shape index (κ1) is 18.2. The number of hydrogen-bond acceptors (Lipinski definition) is 4. The molecule has 0 saturated carbocycles. The number of nitrogens with zero attached hydrogens (tertiary/aromatic N) is 3. The van der Waals surface area contributed by atoms with Crippen molar-refractivity contribution < 1.29 is 9.90 Å². The van der Waals surface area contributed by atoms with Crippen molar-refractivity contribution in [3.05, 3.63) is 93.8 Å². The number of benzene rings is 2. The fourth-order valence-corrected chi connectivity index (χ4v) is 4.23. The Labute approximate surface area is 172 Å². The van der Waals surface area contributed by atoms with Gasteiger partial charge < -0.3 is 19.6 Å². The highest BCUT2D eigenvalue weighted by molar-refractivity contribution is 5.97. The van der Waals surface area contributed by atoms with E-state index in [0.29, 0.717) is 13.1 Å². The predicted octanol–water partition coefficient (Wildman–Crippen LogP) is 2.76. The maximum Gasteiger partial charge on any atom is 0.263 e. The fourth-order valence-electron chi connectivity index (χ4n) is 4.23. The van der Waals surface area contributed by atoms with E-state index in [1.165, 1.54) is 4.57 Å². The zero-order valence-corrected chi connectivity index (χ0v) is 16.4. The van der Waals surface area contributed by atoms with Crippen LogP contribution in [0.2, 0.25) is 0 Å². The third kappa shape index (κ3) is 2.86. The summed E-state index contributed by atoms with van der Waals surface area (Å²) >= 11 is 0. The minimum atomic E-state index is -0.317. The molecule has 5 rings (SSSR count). The summed E-state index contributed by atoms with van der Waals surface area (Å²) in [5.41, 5.74) is 3.17. The van der Waals surface area contributed by atoms with Crippen LogP contribution >= 0.6 is 0 Å². The minimum absolute atomic E-state index is 0.147. The number of carbonyl (C=O) groups is 1. The molecule has 1 unspecified atom stereocenters. The van der Waals surface area contributed by atoms with Gasteiger partial charge in [-0.3, -0.25) is 9.59 Å². The molecular formula is C23H20N4O3. The number of aromatic amines is 1. The van der Waals surface area contributed by atoms with Crippen LogP contribution in [0.5, 0.6) is 5.75 Å². The highest BCUT2D eigenvalue weighted by atomic mass is 16.3. The van der Waals surface area contributed by atoms with Gasteiger partial charge in [0.1, 0.15) is 11.3 Å². The van der Waals surface area contributed by atoms with Gasteiger partial charge in [-0.2, -0.15) is 0 Å². The molecule has 2 aromatic heterocycles. The van der Waals surface area contributed by atoms with Crippen molar-refractivity contribution in [2.45, 2.75) is 12.5 Å². The number of H-pyrrole nitrogens is 1. The van der Waals surface area contributed by atoms with Crippen LogP contribution in [-0.4, -0.2) is 37.0 Å². The number of aryl methyl sites for hydroxylation is 1. The minimum Gasteiger partial charge on any atom is -0.508 e. The van der Waals surface area contributed by atoms with Gasteiger partial charge in [-0.25, -0.2) is 4.98 Å². The summed E-state index contributed by atoms with van der Waals surface area (Å²) in [4.78, 5) is 35.6. The lowest BCUT2D eigenvalue weighted by molar-refractivity contribution is 0.0719. The molecule has 1 atom stereocenters. The molecule has 0 spiro atoms. The van der Waals surface area contributed by atoms with Gasteiger partial charge >= 0.3 is 0 Å². The Morgan fingerprint density at radius 3 is 2.83 bits per heavy atom. The summed E-state index contributed by atoms with van der Waals surface area (Å²) in [6.07, 6.45) is 1.61. The van der Waals surface area contributed by atoms with E-state index in [-0.39, 0.29) is 28.7 Å². The van der Waals surface area contributed by atoms with Gasteiger partial charge in [0.15, 0.2) is 0 Å². The molecule has 7 nitrogen and oxygen atoms in total. The molecule has 2 N–H and O–H groups in total. The Bertz CT molecular complexity index is 1340. The number of phenols is 1. The SMILES string of the molecule is Cn1c(=O)c(C(=O)N2Cc3[nH]cnc3C(c3cccc(O)c3)C2)cc2ccccc21. The topological polar surface area (TPSA) is 91.2 Å². The first-order chi connectivity index (χ1) is 14.5. The lowest BCUT2D eigenvalue weighted by Crippen LogP contribution is -2.41. The predicted molar refractivity (Wildman–Crippen MR) is 112 cm³/mol. The third-order valence-corrected chi connectivity index (χ3v) is 5.76. The summed E-state index contributed by atoms with van der Waals surface area (Å²) < 4.78 is 1.51. The van der Waals surface area contributed by atoms with Crippen molar-refractivity contribution >= 4 is 16.8 Å². The highest BCUT2D eigenvalue weighted by Gasteiger charge is 2.33. The average molecular weight is 400 g/mol. The number of carbonyl (C=O) groups excluding carboxylic acids is 1. The fraction of sp³-hybridized carbons (Fsp3) is 0.174. The Kier molecular flexibility index (Phi) is 4.17. The van der Waals surface area contributed by atoms with E-state index in [4.69, 9.17) is 0 Å². The van der Waals surface area contributed by atoms with E-state index in [9.17, 15) is 14.7 Å². The summed E-state index contributed by atoms with van der Waals surface area (Å²) in [5, 5.41) is 10.7. The van der Waals surface area contributed by atoms with Crippen LogP contribution in [0.3, 0.4) is 0 Å². The molecule has 3 heterocycles. The van der Waals surface area contributed by atoms with Crippen LogP contribution < -0.4 is 5.56 Å². The van der Waals surface area contributed by atoms with Gasteiger partial charge in [0, 0.05) is 19.5 Å². The van der Waals surface area contributed by atoms with E-state index in [2.05, 4.69) is 9.97 Å². The first-order valence-electron chi connectivity index (χ1n) is 9.72. The Morgan fingerprint density at radius 2 is 2.00 bits per heavy atom. The molecule has 30 heavy (non-hydrogen) atoms. The van der Waals surface area contributed by atoms with Gasteiger partial charge in [0.25, 0.3) is 11.5 Å². The average Bonchev–Trinajstić information content (AvgIpc) is 3.24. The Hall–Kier alpha value is -3.87. The molecular weight excluding hydrogens is 380 g/mol. The molecule has 0 saturated heterocycles. The maximum absolute atomic E-state index is 13.4. The molecule has 1 aliphatic heterocycles. The number of fused-ring (bicyclic) bond motifs is 2. The van der Waals surface area contributed by atoms with E-state index >= 15 is 0 Å². The number of pyridine rings is 1. The molecule has 0 radical (unpaired) electrons. The van der Waals surface area contributed by atoms with Crippen molar-refractivity contribution in [3.8, 4) is 5.75 Å². The molecule has 0 fully saturated rings. The quantitative estimate of drug-likeness (QED) is 0.541. The standard InChI is InChI=1S/C23H20N4O3/c1-26-20-8-3-2-5-15(20)10-17(22(26)29)23(30)27-11-18(14-6-4-7-16(28)9-14)21-19(12-27)24-13-25-21/h2-10,13,18,28H,11-12H2,1H3,(H,24,25). The summed E-state index contributed by atoms with van der Waals surface area (Å²) in [6, 6.07) is 16.2. The molecule has 2 aromatic carbocycles. The molecule has 0 bridgehead atoms. The monoisotopic (exact) mass is 400 g/mol. The van der Waals surface area contributed by atoms with Crippen LogP contribution in [0.1, 0.15) is 33.2 Å². The zero-order valence-electron chi connectivity index (χ0n) is 16.4. The van der Waals surface area contributed by atoms with Gasteiger partial charge in [0.05, 0.1) is 29.8 Å². The Balaban J connectivity index is 1.57. The number of aromatic nitrogens is 3. The van der Waals surface area contributed by atoms with Crippen molar-refractivity contribution in [1.29, 1.82) is 0 Å². The lowest BCUT2D eigenvalue weighted by Gasteiger charge is -2.32. The normalized spacial score (nSPS) is 15.9. The highest BCUT2D eigenvalue weighted by Crippen LogP contribution is 2.33. The van der Waals surface area contributed by atoms with E-state index < -0.39 is 0 Å². The maximum atomic E-state index is 13.4. The number of para-hydroxylation sites is 1. The number of imidazole rings is 1. The molecule has 150 valence electrons. The van der Waals surface area contributed by atoms with Crippen molar-refractivity contribution in [2.75, 3.05) is 6.54 Å². The van der Waals surface area contributed by atoms with Crippen LogP contribution in [-0.2, 0) is 13.6 Å². The number of nitrogens with one attached hydrogen (secondary N) is 1. The van der Waals surface area contributed by atoms with Gasteiger partial charge in [0.2, 0.25) is 0 Å². The number of phenolic OH excluding ortho intramolecular Hbond substituents is 1. The second kappa shape index (κ2) is 6.88.